The lowest BCUT2D eigenvalue weighted by Crippen LogP contribution is -2.25. The number of nitrogens with one attached hydrogen (secondary N) is 1. The summed E-state index contributed by atoms with van der Waals surface area (Å²) in [7, 11) is 0. The van der Waals surface area contributed by atoms with Gasteiger partial charge >= 0.3 is 0 Å². The summed E-state index contributed by atoms with van der Waals surface area (Å²) in [5, 5.41) is 4.39. The van der Waals surface area contributed by atoms with Gasteiger partial charge in [0, 0.05) is 28.4 Å². The standard InChI is InChI=1S/C15H18N2O/c1-10(18)12-7-11-5-6-13(17-15(2,3)4)8-14(11)16-9-12/h5-9,17H,1-4H3. The minimum atomic E-state index is 0.0208. The Labute approximate surface area is 107 Å². The summed E-state index contributed by atoms with van der Waals surface area (Å²) in [6.45, 7) is 7.90. The number of fused-ring (bicyclic) bond motifs is 1. The van der Waals surface area contributed by atoms with E-state index in [0.29, 0.717) is 5.56 Å². The molecule has 2 aromatic rings. The molecule has 0 fully saturated rings. The zero-order valence-electron chi connectivity index (χ0n) is 11.2. The molecular weight excluding hydrogens is 224 g/mol. The van der Waals surface area contributed by atoms with Crippen LogP contribution < -0.4 is 5.32 Å². The fourth-order valence-electron chi connectivity index (χ4n) is 1.82. The lowest BCUT2D eigenvalue weighted by molar-refractivity contribution is 0.101. The molecule has 2 rings (SSSR count). The topological polar surface area (TPSA) is 42.0 Å². The quantitative estimate of drug-likeness (QED) is 0.817. The molecule has 3 heteroatoms. The molecule has 0 atom stereocenters. The van der Waals surface area contributed by atoms with Crippen LogP contribution in [0.3, 0.4) is 0 Å². The van der Waals surface area contributed by atoms with Crippen LogP contribution in [0, 0.1) is 0 Å². The zero-order valence-corrected chi connectivity index (χ0v) is 11.2. The molecule has 18 heavy (non-hydrogen) atoms. The van der Waals surface area contributed by atoms with E-state index in [0.717, 1.165) is 16.6 Å². The first-order valence-electron chi connectivity index (χ1n) is 6.04. The van der Waals surface area contributed by atoms with Crippen LogP contribution in [-0.4, -0.2) is 16.3 Å². The van der Waals surface area contributed by atoms with Crippen molar-refractivity contribution in [1.29, 1.82) is 0 Å². The molecule has 0 bridgehead atoms. The summed E-state index contributed by atoms with van der Waals surface area (Å²) < 4.78 is 0. The van der Waals surface area contributed by atoms with Crippen molar-refractivity contribution in [3.63, 3.8) is 0 Å². The Morgan fingerprint density at radius 1 is 1.22 bits per heavy atom. The number of rotatable bonds is 2. The molecule has 1 aromatic heterocycles. The Morgan fingerprint density at radius 3 is 2.56 bits per heavy atom. The van der Waals surface area contributed by atoms with Crippen LogP contribution in [0.4, 0.5) is 5.69 Å². The van der Waals surface area contributed by atoms with E-state index in [-0.39, 0.29) is 11.3 Å². The Morgan fingerprint density at radius 2 is 1.94 bits per heavy atom. The highest BCUT2D eigenvalue weighted by Crippen LogP contribution is 2.21. The van der Waals surface area contributed by atoms with Crippen LogP contribution in [0.5, 0.6) is 0 Å². The molecule has 94 valence electrons. The Hall–Kier alpha value is -1.90. The minimum absolute atomic E-state index is 0.0208. The number of Topliss-reactive ketones (excluding diaryl/α,β-unsaturated/α-hetero) is 1. The van der Waals surface area contributed by atoms with Crippen molar-refractivity contribution >= 4 is 22.4 Å². The van der Waals surface area contributed by atoms with Crippen molar-refractivity contribution in [3.05, 3.63) is 36.0 Å². The molecule has 0 aliphatic carbocycles. The molecule has 0 radical (unpaired) electrons. The largest absolute Gasteiger partial charge is 0.380 e. The van der Waals surface area contributed by atoms with Gasteiger partial charge in [0.2, 0.25) is 0 Å². The zero-order chi connectivity index (χ0) is 13.3. The molecule has 1 N–H and O–H groups in total. The summed E-state index contributed by atoms with van der Waals surface area (Å²) in [4.78, 5) is 15.6. The number of carbonyl (C=O) groups is 1. The maximum Gasteiger partial charge on any atom is 0.161 e. The van der Waals surface area contributed by atoms with Gasteiger partial charge in [0.15, 0.2) is 5.78 Å². The van der Waals surface area contributed by atoms with Crippen LogP contribution in [0.1, 0.15) is 38.1 Å². The molecule has 0 amide bonds. The van der Waals surface area contributed by atoms with Crippen molar-refractivity contribution < 1.29 is 4.79 Å². The van der Waals surface area contributed by atoms with Crippen molar-refractivity contribution in [3.8, 4) is 0 Å². The SMILES string of the molecule is CC(=O)c1cnc2cc(NC(C)(C)C)ccc2c1. The predicted molar refractivity (Wildman–Crippen MR) is 75.1 cm³/mol. The number of nitrogens with zero attached hydrogens (tertiary/aromatic N) is 1. The number of ketones is 1. The first-order chi connectivity index (χ1) is 8.35. The summed E-state index contributed by atoms with van der Waals surface area (Å²) in [6.07, 6.45) is 1.63. The van der Waals surface area contributed by atoms with E-state index in [1.807, 2.05) is 24.3 Å². The number of carbonyl (C=O) groups excluding carboxylic acids is 1. The van der Waals surface area contributed by atoms with E-state index in [4.69, 9.17) is 0 Å². The second-order valence-electron chi connectivity index (χ2n) is 5.56. The van der Waals surface area contributed by atoms with Crippen LogP contribution in [0.25, 0.3) is 10.9 Å². The fourth-order valence-corrected chi connectivity index (χ4v) is 1.82. The van der Waals surface area contributed by atoms with Gasteiger partial charge in [-0.1, -0.05) is 6.07 Å². The molecule has 0 aliphatic rings. The van der Waals surface area contributed by atoms with E-state index in [1.165, 1.54) is 0 Å². The first-order valence-corrected chi connectivity index (χ1v) is 6.04. The smallest absolute Gasteiger partial charge is 0.161 e. The van der Waals surface area contributed by atoms with Crippen molar-refractivity contribution in [1.82, 2.24) is 4.98 Å². The highest BCUT2D eigenvalue weighted by molar-refractivity contribution is 5.97. The van der Waals surface area contributed by atoms with Gasteiger partial charge in [-0.15, -0.1) is 0 Å². The second-order valence-corrected chi connectivity index (χ2v) is 5.56. The van der Waals surface area contributed by atoms with E-state index in [1.54, 1.807) is 13.1 Å². The minimum Gasteiger partial charge on any atom is -0.380 e. The summed E-state index contributed by atoms with van der Waals surface area (Å²) in [5.74, 6) is 0.0429. The van der Waals surface area contributed by atoms with Gasteiger partial charge in [-0.2, -0.15) is 0 Å². The van der Waals surface area contributed by atoms with Crippen LogP contribution in [-0.2, 0) is 0 Å². The molecule has 3 nitrogen and oxygen atoms in total. The van der Waals surface area contributed by atoms with Gasteiger partial charge in [0.1, 0.15) is 0 Å². The summed E-state index contributed by atoms with van der Waals surface area (Å²) >= 11 is 0. The lowest BCUT2D eigenvalue weighted by Gasteiger charge is -2.22. The van der Waals surface area contributed by atoms with Crippen molar-refractivity contribution in [2.45, 2.75) is 33.2 Å². The number of hydrogen-bond donors (Lipinski definition) is 1. The third-order valence-electron chi connectivity index (χ3n) is 2.61. The number of benzene rings is 1. The van der Waals surface area contributed by atoms with Gasteiger partial charge in [-0.25, -0.2) is 0 Å². The van der Waals surface area contributed by atoms with Crippen LogP contribution in [0.2, 0.25) is 0 Å². The fraction of sp³-hybridized carbons (Fsp3) is 0.333. The van der Waals surface area contributed by atoms with Crippen LogP contribution in [0.15, 0.2) is 30.5 Å². The van der Waals surface area contributed by atoms with E-state index >= 15 is 0 Å². The third kappa shape index (κ3) is 2.86. The van der Waals surface area contributed by atoms with Gasteiger partial charge < -0.3 is 5.32 Å². The van der Waals surface area contributed by atoms with E-state index in [9.17, 15) is 4.79 Å². The normalized spacial score (nSPS) is 11.6. The van der Waals surface area contributed by atoms with E-state index in [2.05, 4.69) is 31.1 Å². The lowest BCUT2D eigenvalue weighted by atomic mass is 10.1. The highest BCUT2D eigenvalue weighted by Gasteiger charge is 2.10. The van der Waals surface area contributed by atoms with Crippen molar-refractivity contribution in [2.75, 3.05) is 5.32 Å². The summed E-state index contributed by atoms with van der Waals surface area (Å²) in [5.41, 5.74) is 2.61. The maximum absolute atomic E-state index is 11.3. The van der Waals surface area contributed by atoms with Gasteiger partial charge in [0.25, 0.3) is 0 Å². The number of hydrogen-bond acceptors (Lipinski definition) is 3. The predicted octanol–water partition coefficient (Wildman–Crippen LogP) is 3.65. The van der Waals surface area contributed by atoms with Gasteiger partial charge in [-0.05, 0) is 45.9 Å². The average Bonchev–Trinajstić information content (AvgIpc) is 2.26. The number of pyridine rings is 1. The Kier molecular flexibility index (Phi) is 3.07. The number of anilines is 1. The molecule has 1 heterocycles. The Bertz CT molecular complexity index is 597. The monoisotopic (exact) mass is 242 g/mol. The molecule has 1 aromatic carbocycles. The van der Waals surface area contributed by atoms with Crippen LogP contribution >= 0.6 is 0 Å². The van der Waals surface area contributed by atoms with E-state index < -0.39 is 0 Å². The van der Waals surface area contributed by atoms with Crippen molar-refractivity contribution in [2.24, 2.45) is 0 Å². The molecule has 0 saturated carbocycles. The molecule has 0 saturated heterocycles. The van der Waals surface area contributed by atoms with Gasteiger partial charge in [-0.3, -0.25) is 9.78 Å². The summed E-state index contributed by atoms with van der Waals surface area (Å²) in [6, 6.07) is 7.89. The molecule has 0 aliphatic heterocycles. The molecule has 0 unspecified atom stereocenters. The molecular formula is C15H18N2O. The average molecular weight is 242 g/mol. The second kappa shape index (κ2) is 4.41. The Balaban J connectivity index is 2.41. The van der Waals surface area contributed by atoms with Gasteiger partial charge in [0.05, 0.1) is 5.52 Å². The first kappa shape index (κ1) is 12.6. The third-order valence-corrected chi connectivity index (χ3v) is 2.61. The maximum atomic E-state index is 11.3. The highest BCUT2D eigenvalue weighted by atomic mass is 16.1. The number of aromatic nitrogens is 1. The molecule has 0 spiro atoms.